The Morgan fingerprint density at radius 3 is 2.42 bits per heavy atom. The number of piperazine rings is 1. The zero-order valence-corrected chi connectivity index (χ0v) is 19.6. The molecule has 2 unspecified atom stereocenters. The third-order valence-electron chi connectivity index (χ3n) is 7.33. The Balaban J connectivity index is 1.62. The van der Waals surface area contributed by atoms with E-state index in [-0.39, 0.29) is 5.54 Å². The molecule has 0 aliphatic carbocycles. The van der Waals surface area contributed by atoms with E-state index in [2.05, 4.69) is 29.0 Å². The largest absolute Gasteiger partial charge is 0.493 e. The van der Waals surface area contributed by atoms with Gasteiger partial charge in [0.15, 0.2) is 0 Å². The summed E-state index contributed by atoms with van der Waals surface area (Å²) < 4.78 is 12.4. The van der Waals surface area contributed by atoms with Gasteiger partial charge >= 0.3 is 0 Å². The fraction of sp³-hybridized carbons (Fsp3) is 0.520. The molecule has 0 amide bonds. The summed E-state index contributed by atoms with van der Waals surface area (Å²) in [5.74, 6) is 2.30. The van der Waals surface area contributed by atoms with Gasteiger partial charge in [-0.15, -0.1) is 0 Å². The summed E-state index contributed by atoms with van der Waals surface area (Å²) in [5.41, 5.74) is 2.45. The van der Waals surface area contributed by atoms with Gasteiger partial charge in [-0.2, -0.15) is 0 Å². The lowest BCUT2D eigenvalue weighted by Crippen LogP contribution is -2.58. The molecule has 1 saturated heterocycles. The molecule has 0 radical (unpaired) electrons. The molecule has 2 aromatic rings. The van der Waals surface area contributed by atoms with E-state index in [0.717, 1.165) is 80.0 Å². The van der Waals surface area contributed by atoms with Crippen LogP contribution in [-0.4, -0.2) is 56.2 Å². The fourth-order valence-electron chi connectivity index (χ4n) is 5.77. The molecule has 0 spiro atoms. The van der Waals surface area contributed by atoms with Crippen molar-refractivity contribution in [3.8, 4) is 11.5 Å². The Hall–Kier alpha value is -1.46. The summed E-state index contributed by atoms with van der Waals surface area (Å²) in [6, 6.07) is 12.3. The molecule has 0 N–H and O–H groups in total. The first-order chi connectivity index (χ1) is 15.1. The summed E-state index contributed by atoms with van der Waals surface area (Å²) in [6.07, 6.45) is 4.09. The normalized spacial score (nSPS) is 27.3. The van der Waals surface area contributed by atoms with E-state index in [0.29, 0.717) is 12.5 Å². The highest BCUT2D eigenvalue weighted by Gasteiger charge is 2.48. The predicted molar refractivity (Wildman–Crippen MR) is 126 cm³/mol. The summed E-state index contributed by atoms with van der Waals surface area (Å²) in [7, 11) is 2.22. The van der Waals surface area contributed by atoms with Crippen LogP contribution in [0.15, 0.2) is 36.4 Å². The molecule has 1 fully saturated rings. The van der Waals surface area contributed by atoms with E-state index < -0.39 is 0 Å². The molecule has 31 heavy (non-hydrogen) atoms. The van der Waals surface area contributed by atoms with Crippen molar-refractivity contribution in [1.82, 2.24) is 9.80 Å². The second-order valence-corrected chi connectivity index (χ2v) is 9.97. The van der Waals surface area contributed by atoms with E-state index in [1.807, 2.05) is 24.3 Å². The number of hydrogen-bond donors (Lipinski definition) is 0. The molecule has 2 aromatic carbocycles. The van der Waals surface area contributed by atoms with Crippen LogP contribution in [0.3, 0.4) is 0 Å². The number of nitrogens with zero attached hydrogens (tertiary/aromatic N) is 2. The first-order valence-corrected chi connectivity index (χ1v) is 12.1. The fourth-order valence-corrected chi connectivity index (χ4v) is 6.09. The van der Waals surface area contributed by atoms with Crippen molar-refractivity contribution in [1.29, 1.82) is 0 Å². The number of halogens is 2. The van der Waals surface area contributed by atoms with Crippen molar-refractivity contribution in [3.05, 3.63) is 57.6 Å². The summed E-state index contributed by atoms with van der Waals surface area (Å²) in [5, 5.41) is 1.46. The first-order valence-electron chi connectivity index (χ1n) is 11.3. The second kappa shape index (κ2) is 8.82. The lowest BCUT2D eigenvalue weighted by atomic mass is 9.69. The Bertz CT molecular complexity index is 945. The van der Waals surface area contributed by atoms with Crippen LogP contribution >= 0.6 is 23.2 Å². The van der Waals surface area contributed by atoms with Crippen molar-refractivity contribution in [2.45, 2.75) is 31.2 Å². The molecule has 0 saturated carbocycles. The van der Waals surface area contributed by atoms with E-state index >= 15 is 0 Å². The molecular formula is C25H30Cl2N2O2. The smallest absolute Gasteiger partial charge is 0.125 e. The average molecular weight is 461 g/mol. The number of ether oxygens (including phenoxy) is 2. The number of benzene rings is 2. The first kappa shape index (κ1) is 21.4. The zero-order valence-electron chi connectivity index (χ0n) is 18.1. The van der Waals surface area contributed by atoms with Crippen LogP contribution in [0.25, 0.3) is 0 Å². The van der Waals surface area contributed by atoms with Crippen molar-refractivity contribution in [2.75, 3.05) is 46.4 Å². The number of hydrogen-bond acceptors (Lipinski definition) is 4. The lowest BCUT2D eigenvalue weighted by molar-refractivity contribution is -0.0169. The molecule has 166 valence electrons. The van der Waals surface area contributed by atoms with E-state index in [9.17, 15) is 0 Å². The highest BCUT2D eigenvalue weighted by molar-refractivity contribution is 6.31. The average Bonchev–Trinajstić information content (AvgIpc) is 3.08. The van der Waals surface area contributed by atoms with Gasteiger partial charge in [0.25, 0.3) is 0 Å². The molecule has 2 atom stereocenters. The summed E-state index contributed by atoms with van der Waals surface area (Å²) in [4.78, 5) is 5.16. The van der Waals surface area contributed by atoms with Crippen LogP contribution in [0.2, 0.25) is 10.0 Å². The molecule has 4 nitrogen and oxygen atoms in total. The van der Waals surface area contributed by atoms with E-state index in [4.69, 9.17) is 32.7 Å². The number of likely N-dealkylation sites (N-methyl/N-ethyl adjacent to an activating group) is 1. The van der Waals surface area contributed by atoms with Gasteiger partial charge in [0, 0.05) is 41.8 Å². The Kier molecular flexibility index (Phi) is 6.09. The third kappa shape index (κ3) is 4.04. The van der Waals surface area contributed by atoms with Gasteiger partial charge < -0.3 is 14.4 Å². The minimum atomic E-state index is -0.0950. The minimum absolute atomic E-state index is 0.0950. The van der Waals surface area contributed by atoms with Crippen LogP contribution in [-0.2, 0) is 12.0 Å². The molecule has 0 aromatic heterocycles. The maximum Gasteiger partial charge on any atom is 0.125 e. The highest BCUT2D eigenvalue weighted by Crippen LogP contribution is 2.50. The van der Waals surface area contributed by atoms with Crippen molar-refractivity contribution < 1.29 is 9.47 Å². The Morgan fingerprint density at radius 1 is 0.903 bits per heavy atom. The molecule has 3 aliphatic rings. The number of rotatable bonds is 2. The van der Waals surface area contributed by atoms with Gasteiger partial charge in [0.05, 0.1) is 18.8 Å². The summed E-state index contributed by atoms with van der Waals surface area (Å²) in [6.45, 7) is 5.73. The van der Waals surface area contributed by atoms with Crippen LogP contribution in [0, 0.1) is 5.92 Å². The molecule has 3 aliphatic heterocycles. The molecule has 5 rings (SSSR count). The van der Waals surface area contributed by atoms with Gasteiger partial charge in [-0.1, -0.05) is 35.3 Å². The second-order valence-electron chi connectivity index (χ2n) is 9.10. The van der Waals surface area contributed by atoms with Gasteiger partial charge in [0.1, 0.15) is 11.5 Å². The predicted octanol–water partition coefficient (Wildman–Crippen LogP) is 5.25. The van der Waals surface area contributed by atoms with Crippen molar-refractivity contribution in [2.24, 2.45) is 5.92 Å². The number of fused-ring (bicyclic) bond motifs is 2. The minimum Gasteiger partial charge on any atom is -0.493 e. The quantitative estimate of drug-likeness (QED) is 0.610. The SMILES string of the molecule is CN1CCN(C2(C3CCOc4cc(Cl)ccc4C3)CCCOc3cc(Cl)ccc32)CC1. The van der Waals surface area contributed by atoms with Crippen LogP contribution < -0.4 is 9.47 Å². The molecular weight excluding hydrogens is 431 g/mol. The third-order valence-corrected chi connectivity index (χ3v) is 7.80. The maximum atomic E-state index is 6.39. The van der Waals surface area contributed by atoms with Crippen molar-refractivity contribution >= 4 is 23.2 Å². The highest BCUT2D eigenvalue weighted by atomic mass is 35.5. The topological polar surface area (TPSA) is 24.9 Å². The van der Waals surface area contributed by atoms with Gasteiger partial charge in [-0.25, -0.2) is 0 Å². The van der Waals surface area contributed by atoms with Crippen LogP contribution in [0.1, 0.15) is 30.4 Å². The van der Waals surface area contributed by atoms with E-state index in [1.165, 1.54) is 11.1 Å². The van der Waals surface area contributed by atoms with Gasteiger partial charge in [-0.3, -0.25) is 4.90 Å². The monoisotopic (exact) mass is 460 g/mol. The van der Waals surface area contributed by atoms with Crippen LogP contribution in [0.4, 0.5) is 0 Å². The molecule has 0 bridgehead atoms. The standard InChI is InChI=1S/C25H30Cl2N2O2/c1-28-9-11-29(12-10-28)25(8-2-13-30-24-17-21(27)5-6-22(24)25)19-7-14-31-23-16-20(26)4-3-18(23)15-19/h3-6,16-17,19H,2,7-15H2,1H3. The van der Waals surface area contributed by atoms with Crippen molar-refractivity contribution in [3.63, 3.8) is 0 Å². The zero-order chi connectivity index (χ0) is 21.4. The van der Waals surface area contributed by atoms with E-state index in [1.54, 1.807) is 0 Å². The summed E-state index contributed by atoms with van der Waals surface area (Å²) >= 11 is 12.6. The van der Waals surface area contributed by atoms with Gasteiger partial charge in [0.2, 0.25) is 0 Å². The Labute approximate surface area is 195 Å². The maximum absolute atomic E-state index is 6.39. The lowest BCUT2D eigenvalue weighted by Gasteiger charge is -2.51. The van der Waals surface area contributed by atoms with Gasteiger partial charge in [-0.05, 0) is 68.5 Å². The van der Waals surface area contributed by atoms with Crippen LogP contribution in [0.5, 0.6) is 11.5 Å². The molecule has 6 heteroatoms. The Morgan fingerprint density at radius 2 is 1.61 bits per heavy atom. The molecule has 3 heterocycles.